The lowest BCUT2D eigenvalue weighted by Gasteiger charge is -2.18. The fourth-order valence-electron chi connectivity index (χ4n) is 2.32. The van der Waals surface area contributed by atoms with Gasteiger partial charge in [0.2, 0.25) is 0 Å². The summed E-state index contributed by atoms with van der Waals surface area (Å²) in [6.45, 7) is 1.98. The molecule has 0 unspecified atom stereocenters. The van der Waals surface area contributed by atoms with E-state index in [0.29, 0.717) is 10.6 Å². The molecule has 0 radical (unpaired) electrons. The van der Waals surface area contributed by atoms with Crippen LogP contribution in [-0.2, 0) is 0 Å². The van der Waals surface area contributed by atoms with E-state index in [-0.39, 0.29) is 5.78 Å². The van der Waals surface area contributed by atoms with Gasteiger partial charge in [-0.05, 0) is 19.1 Å². The number of para-hydroxylation sites is 1. The van der Waals surface area contributed by atoms with Crippen LogP contribution < -0.4 is 5.32 Å². The SMILES string of the molecule is Cc1ccc(C(=O)[C@H](C(=S)Nc2ccccc2)n2cncn2)cc1. The number of Topliss-reactive ketones (excluding diaryl/α,β-unsaturated/α-hetero) is 1. The Morgan fingerprint density at radius 1 is 1.12 bits per heavy atom. The van der Waals surface area contributed by atoms with E-state index in [0.717, 1.165) is 11.3 Å². The number of hydrogen-bond acceptors (Lipinski definition) is 4. The van der Waals surface area contributed by atoms with Crippen LogP contribution in [0, 0.1) is 6.92 Å². The van der Waals surface area contributed by atoms with Crippen LogP contribution in [0.5, 0.6) is 0 Å². The van der Waals surface area contributed by atoms with Crippen LogP contribution in [0.3, 0.4) is 0 Å². The average Bonchev–Trinajstić information content (AvgIpc) is 3.10. The number of nitrogens with zero attached hydrogens (tertiary/aromatic N) is 3. The van der Waals surface area contributed by atoms with Crippen molar-refractivity contribution >= 4 is 28.7 Å². The molecule has 0 saturated heterocycles. The third-order valence-electron chi connectivity index (χ3n) is 3.58. The standard InChI is InChI=1S/C18H16N4OS/c1-13-7-9-14(10-8-13)17(23)16(22-12-19-11-20-22)18(24)21-15-5-3-2-4-6-15/h2-12,16H,1H3,(H,21,24)/t16-/m1/s1. The molecule has 1 N–H and O–H groups in total. The predicted molar refractivity (Wildman–Crippen MR) is 97.2 cm³/mol. The first kappa shape index (κ1) is 16.0. The number of carbonyl (C=O) groups is 1. The third kappa shape index (κ3) is 3.55. The van der Waals surface area contributed by atoms with Crippen molar-refractivity contribution in [2.75, 3.05) is 5.32 Å². The fourth-order valence-corrected chi connectivity index (χ4v) is 2.65. The lowest BCUT2D eigenvalue weighted by atomic mass is 10.0. The molecule has 0 amide bonds. The van der Waals surface area contributed by atoms with E-state index in [4.69, 9.17) is 12.2 Å². The molecule has 0 saturated carbocycles. The van der Waals surface area contributed by atoms with Crippen LogP contribution in [0.25, 0.3) is 0 Å². The van der Waals surface area contributed by atoms with Gasteiger partial charge in [-0.3, -0.25) is 4.79 Å². The van der Waals surface area contributed by atoms with Crippen molar-refractivity contribution in [3.8, 4) is 0 Å². The molecule has 0 aliphatic carbocycles. The number of carbonyl (C=O) groups excluding carboxylic acids is 1. The Morgan fingerprint density at radius 3 is 2.46 bits per heavy atom. The number of hydrogen-bond donors (Lipinski definition) is 1. The Labute approximate surface area is 145 Å². The number of anilines is 1. The smallest absolute Gasteiger partial charge is 0.194 e. The summed E-state index contributed by atoms with van der Waals surface area (Å²) < 4.78 is 1.47. The van der Waals surface area contributed by atoms with Gasteiger partial charge in [0.1, 0.15) is 17.6 Å². The first-order valence-corrected chi connectivity index (χ1v) is 7.87. The molecular weight excluding hydrogens is 320 g/mol. The fraction of sp³-hybridized carbons (Fsp3) is 0.111. The van der Waals surface area contributed by atoms with Crippen molar-refractivity contribution in [1.29, 1.82) is 0 Å². The molecule has 0 aliphatic rings. The Kier molecular flexibility index (Phi) is 4.77. The topological polar surface area (TPSA) is 59.8 Å². The van der Waals surface area contributed by atoms with Crippen molar-refractivity contribution in [3.63, 3.8) is 0 Å². The van der Waals surface area contributed by atoms with Gasteiger partial charge in [-0.25, -0.2) is 9.67 Å². The maximum atomic E-state index is 13.0. The molecule has 1 aromatic heterocycles. The minimum absolute atomic E-state index is 0.131. The summed E-state index contributed by atoms with van der Waals surface area (Å²) in [6.07, 6.45) is 2.89. The number of aryl methyl sites for hydroxylation is 1. The van der Waals surface area contributed by atoms with E-state index >= 15 is 0 Å². The van der Waals surface area contributed by atoms with Crippen molar-refractivity contribution in [1.82, 2.24) is 14.8 Å². The summed E-state index contributed by atoms with van der Waals surface area (Å²) in [7, 11) is 0. The van der Waals surface area contributed by atoms with E-state index < -0.39 is 6.04 Å². The highest BCUT2D eigenvalue weighted by molar-refractivity contribution is 7.80. The minimum atomic E-state index is -0.745. The lowest BCUT2D eigenvalue weighted by Crippen LogP contribution is -2.31. The van der Waals surface area contributed by atoms with E-state index in [1.54, 1.807) is 12.1 Å². The van der Waals surface area contributed by atoms with Gasteiger partial charge in [-0.15, -0.1) is 0 Å². The molecule has 6 heteroatoms. The molecule has 0 aliphatic heterocycles. The van der Waals surface area contributed by atoms with Crippen molar-refractivity contribution in [2.24, 2.45) is 0 Å². The number of ketones is 1. The van der Waals surface area contributed by atoms with Gasteiger partial charge in [0.15, 0.2) is 11.8 Å². The largest absolute Gasteiger partial charge is 0.348 e. The lowest BCUT2D eigenvalue weighted by molar-refractivity contribution is 0.0953. The van der Waals surface area contributed by atoms with Gasteiger partial charge in [-0.2, -0.15) is 5.10 Å². The molecular formula is C18H16N4OS. The second-order valence-electron chi connectivity index (χ2n) is 5.36. The van der Waals surface area contributed by atoms with Crippen LogP contribution in [0.15, 0.2) is 67.3 Å². The quantitative estimate of drug-likeness (QED) is 0.571. The second-order valence-corrected chi connectivity index (χ2v) is 5.80. The van der Waals surface area contributed by atoms with Gasteiger partial charge >= 0.3 is 0 Å². The third-order valence-corrected chi connectivity index (χ3v) is 3.90. The summed E-state index contributed by atoms with van der Waals surface area (Å²) in [5.74, 6) is -0.131. The molecule has 0 bridgehead atoms. The van der Waals surface area contributed by atoms with Crippen LogP contribution >= 0.6 is 12.2 Å². The Bertz CT molecular complexity index is 829. The highest BCUT2D eigenvalue weighted by Gasteiger charge is 2.27. The molecule has 0 fully saturated rings. The van der Waals surface area contributed by atoms with E-state index in [9.17, 15) is 4.79 Å². The highest BCUT2D eigenvalue weighted by Crippen LogP contribution is 2.18. The van der Waals surface area contributed by atoms with Gasteiger partial charge < -0.3 is 5.32 Å². The maximum absolute atomic E-state index is 13.0. The maximum Gasteiger partial charge on any atom is 0.194 e. The van der Waals surface area contributed by atoms with Crippen LogP contribution in [0.2, 0.25) is 0 Å². The minimum Gasteiger partial charge on any atom is -0.348 e. The molecule has 0 spiro atoms. The number of rotatable bonds is 5. The van der Waals surface area contributed by atoms with Gasteiger partial charge in [0.25, 0.3) is 0 Å². The summed E-state index contributed by atoms with van der Waals surface area (Å²) in [6, 6.07) is 16.2. The monoisotopic (exact) mass is 336 g/mol. The summed E-state index contributed by atoms with van der Waals surface area (Å²) in [5, 5.41) is 7.21. The van der Waals surface area contributed by atoms with Crippen molar-refractivity contribution < 1.29 is 4.79 Å². The van der Waals surface area contributed by atoms with Crippen LogP contribution in [0.4, 0.5) is 5.69 Å². The first-order valence-electron chi connectivity index (χ1n) is 7.46. The zero-order valence-corrected chi connectivity index (χ0v) is 13.9. The van der Waals surface area contributed by atoms with Crippen LogP contribution in [-0.4, -0.2) is 25.5 Å². The molecule has 1 atom stereocenters. The van der Waals surface area contributed by atoms with Gasteiger partial charge in [-0.1, -0.05) is 60.2 Å². The number of nitrogens with one attached hydrogen (secondary N) is 1. The van der Waals surface area contributed by atoms with E-state index in [2.05, 4.69) is 15.4 Å². The van der Waals surface area contributed by atoms with Crippen molar-refractivity contribution in [2.45, 2.75) is 13.0 Å². The van der Waals surface area contributed by atoms with Crippen molar-refractivity contribution in [3.05, 3.63) is 78.4 Å². The molecule has 2 aromatic carbocycles. The summed E-state index contributed by atoms with van der Waals surface area (Å²) in [5.41, 5.74) is 2.50. The molecule has 120 valence electrons. The normalized spacial score (nSPS) is 11.7. The number of thiocarbonyl (C=S) groups is 1. The molecule has 5 nitrogen and oxygen atoms in total. The molecule has 3 rings (SSSR count). The average molecular weight is 336 g/mol. The molecule has 3 aromatic rings. The Hall–Kier alpha value is -2.86. The van der Waals surface area contributed by atoms with Crippen LogP contribution in [0.1, 0.15) is 22.0 Å². The zero-order chi connectivity index (χ0) is 16.9. The summed E-state index contributed by atoms with van der Waals surface area (Å²) in [4.78, 5) is 17.3. The van der Waals surface area contributed by atoms with E-state index in [1.165, 1.54) is 17.3 Å². The molecule has 1 heterocycles. The number of aromatic nitrogens is 3. The summed E-state index contributed by atoms with van der Waals surface area (Å²) >= 11 is 5.49. The second kappa shape index (κ2) is 7.14. The van der Waals surface area contributed by atoms with Gasteiger partial charge in [0, 0.05) is 11.3 Å². The number of benzene rings is 2. The van der Waals surface area contributed by atoms with E-state index in [1.807, 2.05) is 49.4 Å². The predicted octanol–water partition coefficient (Wildman–Crippen LogP) is 3.45. The Morgan fingerprint density at radius 2 is 1.83 bits per heavy atom. The first-order chi connectivity index (χ1) is 11.6. The Balaban J connectivity index is 1.90. The highest BCUT2D eigenvalue weighted by atomic mass is 32.1. The zero-order valence-electron chi connectivity index (χ0n) is 13.1. The van der Waals surface area contributed by atoms with Gasteiger partial charge in [0.05, 0.1) is 0 Å². The molecule has 24 heavy (non-hydrogen) atoms.